The van der Waals surface area contributed by atoms with Crippen LogP contribution in [0.4, 0.5) is 0 Å². The number of aliphatic imine (C=N–C) groups is 2. The van der Waals surface area contributed by atoms with Gasteiger partial charge in [-0.3, -0.25) is 10.3 Å². The van der Waals surface area contributed by atoms with E-state index in [-0.39, 0.29) is 6.17 Å². The summed E-state index contributed by atoms with van der Waals surface area (Å²) in [6, 6.07) is 2.13. The first-order valence-electron chi connectivity index (χ1n) is 5.49. The van der Waals surface area contributed by atoms with Gasteiger partial charge in [-0.2, -0.15) is 11.3 Å². The predicted octanol–water partition coefficient (Wildman–Crippen LogP) is 1.06. The Labute approximate surface area is 105 Å². The molecule has 17 heavy (non-hydrogen) atoms. The summed E-state index contributed by atoms with van der Waals surface area (Å²) in [6.07, 6.45) is 0.0508. The zero-order chi connectivity index (χ0) is 12.3. The highest BCUT2D eigenvalue weighted by Gasteiger charge is 2.17. The molecule has 0 saturated carbocycles. The van der Waals surface area contributed by atoms with Gasteiger partial charge in [0.15, 0.2) is 5.96 Å². The van der Waals surface area contributed by atoms with Crippen LogP contribution in [0.15, 0.2) is 26.8 Å². The van der Waals surface area contributed by atoms with Gasteiger partial charge in [0.25, 0.3) is 0 Å². The van der Waals surface area contributed by atoms with Gasteiger partial charge < -0.3 is 10.2 Å². The van der Waals surface area contributed by atoms with Gasteiger partial charge in [-0.1, -0.05) is 0 Å². The Hall–Kier alpha value is -1.56. The molecule has 5 nitrogen and oxygen atoms in total. The zero-order valence-electron chi connectivity index (χ0n) is 10.3. The fraction of sp³-hybridized carbons (Fsp3) is 0.455. The van der Waals surface area contributed by atoms with E-state index in [2.05, 4.69) is 42.3 Å². The SMILES string of the molecule is CN=C1NC(N(C)Cc2ccsc2)=NC(C)N1. The molecule has 2 N–H and O–H groups in total. The molecule has 0 spiro atoms. The van der Waals surface area contributed by atoms with E-state index in [1.807, 2.05) is 14.0 Å². The summed E-state index contributed by atoms with van der Waals surface area (Å²) in [5.74, 6) is 1.61. The Bertz CT molecular complexity index is 423. The van der Waals surface area contributed by atoms with Gasteiger partial charge in [0.1, 0.15) is 6.17 Å². The second kappa shape index (κ2) is 5.18. The first-order chi connectivity index (χ1) is 8.19. The molecule has 1 atom stereocenters. The Morgan fingerprint density at radius 1 is 1.59 bits per heavy atom. The van der Waals surface area contributed by atoms with Gasteiger partial charge in [0, 0.05) is 20.6 Å². The molecule has 2 heterocycles. The van der Waals surface area contributed by atoms with Gasteiger partial charge in [-0.25, -0.2) is 4.99 Å². The van der Waals surface area contributed by atoms with E-state index in [9.17, 15) is 0 Å². The number of nitrogens with one attached hydrogen (secondary N) is 2. The van der Waals surface area contributed by atoms with Crippen molar-refractivity contribution in [1.82, 2.24) is 15.5 Å². The van der Waals surface area contributed by atoms with Crippen LogP contribution < -0.4 is 10.6 Å². The molecular formula is C11H17N5S. The summed E-state index contributed by atoms with van der Waals surface area (Å²) in [5.41, 5.74) is 1.29. The summed E-state index contributed by atoms with van der Waals surface area (Å²) in [5, 5.41) is 10.5. The predicted molar refractivity (Wildman–Crippen MR) is 72.3 cm³/mol. The summed E-state index contributed by atoms with van der Waals surface area (Å²) in [6.45, 7) is 2.85. The lowest BCUT2D eigenvalue weighted by Crippen LogP contribution is -2.54. The van der Waals surface area contributed by atoms with E-state index in [1.165, 1.54) is 5.56 Å². The van der Waals surface area contributed by atoms with E-state index >= 15 is 0 Å². The molecule has 0 bridgehead atoms. The van der Waals surface area contributed by atoms with Gasteiger partial charge >= 0.3 is 0 Å². The van der Waals surface area contributed by atoms with Gasteiger partial charge in [-0.15, -0.1) is 0 Å². The van der Waals surface area contributed by atoms with Crippen molar-refractivity contribution in [2.45, 2.75) is 19.6 Å². The smallest absolute Gasteiger partial charge is 0.202 e. The average Bonchev–Trinajstić information content (AvgIpc) is 2.81. The van der Waals surface area contributed by atoms with Crippen LogP contribution in [0.5, 0.6) is 0 Å². The van der Waals surface area contributed by atoms with Gasteiger partial charge in [0.05, 0.1) is 0 Å². The van der Waals surface area contributed by atoms with Gasteiger partial charge in [-0.05, 0) is 29.3 Å². The van der Waals surface area contributed by atoms with Crippen molar-refractivity contribution < 1.29 is 0 Å². The fourth-order valence-electron chi connectivity index (χ4n) is 1.63. The number of rotatable bonds is 2. The quantitative estimate of drug-likeness (QED) is 0.826. The topological polar surface area (TPSA) is 52.0 Å². The first kappa shape index (κ1) is 11.9. The second-order valence-electron chi connectivity index (χ2n) is 3.96. The maximum atomic E-state index is 4.50. The van der Waals surface area contributed by atoms with Crippen LogP contribution in [0, 0.1) is 0 Å². The van der Waals surface area contributed by atoms with E-state index in [0.29, 0.717) is 0 Å². The highest BCUT2D eigenvalue weighted by Crippen LogP contribution is 2.09. The Balaban J connectivity index is 2.06. The Morgan fingerprint density at radius 3 is 3.06 bits per heavy atom. The molecule has 2 rings (SSSR count). The third-order valence-corrected chi connectivity index (χ3v) is 3.21. The van der Waals surface area contributed by atoms with E-state index in [1.54, 1.807) is 18.4 Å². The van der Waals surface area contributed by atoms with Crippen molar-refractivity contribution in [3.05, 3.63) is 22.4 Å². The molecule has 1 aromatic rings. The molecule has 1 unspecified atom stereocenters. The normalized spacial score (nSPS) is 21.7. The molecule has 1 aliphatic rings. The maximum Gasteiger partial charge on any atom is 0.202 e. The standard InChI is InChI=1S/C11H17N5S/c1-8-13-10(12-2)15-11(14-8)16(3)6-9-4-5-17-7-9/h4-5,7-8H,6H2,1-3H3,(H2,12,13,14,15). The zero-order valence-corrected chi connectivity index (χ0v) is 11.1. The number of nitrogens with zero attached hydrogens (tertiary/aromatic N) is 3. The monoisotopic (exact) mass is 251 g/mol. The molecule has 0 aliphatic carbocycles. The van der Waals surface area contributed by atoms with Crippen molar-refractivity contribution in [1.29, 1.82) is 0 Å². The van der Waals surface area contributed by atoms with Crippen LogP contribution in [-0.4, -0.2) is 37.1 Å². The minimum atomic E-state index is 0.0508. The van der Waals surface area contributed by atoms with Crippen molar-refractivity contribution in [2.75, 3.05) is 14.1 Å². The van der Waals surface area contributed by atoms with Gasteiger partial charge in [0.2, 0.25) is 5.96 Å². The number of thiophene rings is 1. The second-order valence-corrected chi connectivity index (χ2v) is 4.74. The third-order valence-electron chi connectivity index (χ3n) is 2.48. The molecule has 0 aromatic carbocycles. The lowest BCUT2D eigenvalue weighted by molar-refractivity contribution is 0.472. The highest BCUT2D eigenvalue weighted by molar-refractivity contribution is 7.07. The lowest BCUT2D eigenvalue weighted by Gasteiger charge is -2.28. The first-order valence-corrected chi connectivity index (χ1v) is 6.43. The van der Waals surface area contributed by atoms with Crippen molar-refractivity contribution in [2.24, 2.45) is 9.98 Å². The fourth-order valence-corrected chi connectivity index (χ4v) is 2.29. The number of hydrogen-bond donors (Lipinski definition) is 2. The number of guanidine groups is 2. The largest absolute Gasteiger partial charge is 0.341 e. The van der Waals surface area contributed by atoms with Crippen molar-refractivity contribution in [3.8, 4) is 0 Å². The van der Waals surface area contributed by atoms with E-state index in [0.717, 1.165) is 18.5 Å². The molecule has 6 heteroatoms. The van der Waals surface area contributed by atoms with Crippen molar-refractivity contribution >= 4 is 23.3 Å². The van der Waals surface area contributed by atoms with Crippen LogP contribution >= 0.6 is 11.3 Å². The van der Waals surface area contributed by atoms with Crippen LogP contribution in [-0.2, 0) is 6.54 Å². The Morgan fingerprint density at radius 2 is 2.41 bits per heavy atom. The maximum absolute atomic E-state index is 4.50. The lowest BCUT2D eigenvalue weighted by atomic mass is 10.3. The third kappa shape index (κ3) is 2.97. The van der Waals surface area contributed by atoms with Crippen LogP contribution in [0.3, 0.4) is 0 Å². The van der Waals surface area contributed by atoms with Crippen LogP contribution in [0.2, 0.25) is 0 Å². The minimum absolute atomic E-state index is 0.0508. The van der Waals surface area contributed by atoms with E-state index in [4.69, 9.17) is 0 Å². The Kier molecular flexibility index (Phi) is 3.63. The molecule has 92 valence electrons. The number of hydrogen-bond acceptors (Lipinski definition) is 4. The van der Waals surface area contributed by atoms with Crippen molar-refractivity contribution in [3.63, 3.8) is 0 Å². The summed E-state index contributed by atoms with van der Waals surface area (Å²) < 4.78 is 0. The summed E-state index contributed by atoms with van der Waals surface area (Å²) in [4.78, 5) is 10.7. The summed E-state index contributed by atoms with van der Waals surface area (Å²) >= 11 is 1.71. The molecule has 0 saturated heterocycles. The average molecular weight is 251 g/mol. The molecule has 1 aromatic heterocycles. The highest BCUT2D eigenvalue weighted by atomic mass is 32.1. The molecule has 1 aliphatic heterocycles. The summed E-state index contributed by atoms with van der Waals surface area (Å²) in [7, 11) is 3.78. The van der Waals surface area contributed by atoms with Crippen LogP contribution in [0.1, 0.15) is 12.5 Å². The molecule has 0 radical (unpaired) electrons. The molecule has 0 fully saturated rings. The van der Waals surface area contributed by atoms with Crippen LogP contribution in [0.25, 0.3) is 0 Å². The molecule has 0 amide bonds. The van der Waals surface area contributed by atoms with E-state index < -0.39 is 0 Å². The minimum Gasteiger partial charge on any atom is -0.341 e. The molecular weight excluding hydrogens is 234 g/mol.